The molecule has 0 aromatic carbocycles. The molecule has 0 saturated heterocycles. The maximum absolute atomic E-state index is 11.2. The molecule has 3 N–H and O–H groups in total. The van der Waals surface area contributed by atoms with Gasteiger partial charge in [0.05, 0.1) is 6.26 Å². The number of tetrazole rings is 1. The number of furan rings is 1. The quantitative estimate of drug-likeness (QED) is 0.642. The van der Waals surface area contributed by atoms with Crippen molar-refractivity contribution in [2.24, 2.45) is 0 Å². The molecular weight excluding hydrogens is 188 g/mol. The lowest BCUT2D eigenvalue weighted by Crippen LogP contribution is -2.19. The zero-order valence-electron chi connectivity index (χ0n) is 6.89. The molecule has 2 rings (SSSR count). The molecule has 0 aliphatic rings. The van der Waals surface area contributed by atoms with E-state index in [4.69, 9.17) is 4.42 Å². The molecule has 0 spiro atoms. The maximum atomic E-state index is 11.2. The summed E-state index contributed by atoms with van der Waals surface area (Å²) >= 11 is 0. The minimum atomic E-state index is -0.499. The van der Waals surface area contributed by atoms with Gasteiger partial charge in [0.1, 0.15) is 0 Å². The monoisotopic (exact) mass is 194 g/mol. The van der Waals surface area contributed by atoms with Crippen LogP contribution in [-0.2, 0) is 0 Å². The number of H-pyrrole nitrogens is 1. The fourth-order valence-electron chi connectivity index (χ4n) is 0.809. The van der Waals surface area contributed by atoms with Crippen LogP contribution in [0.1, 0.15) is 0 Å². The molecule has 0 bridgehead atoms. The summed E-state index contributed by atoms with van der Waals surface area (Å²) in [6, 6.07) is 2.76. The summed E-state index contributed by atoms with van der Waals surface area (Å²) in [5.74, 6) is 0.431. The third kappa shape index (κ3) is 1.86. The van der Waals surface area contributed by atoms with Gasteiger partial charge in [-0.2, -0.15) is 5.21 Å². The summed E-state index contributed by atoms with van der Waals surface area (Å²) in [7, 11) is 0. The third-order valence-corrected chi connectivity index (χ3v) is 1.33. The highest BCUT2D eigenvalue weighted by Gasteiger charge is 2.05. The van der Waals surface area contributed by atoms with Crippen molar-refractivity contribution in [3.8, 4) is 0 Å². The molecule has 72 valence electrons. The number of carbonyl (C=O) groups excluding carboxylic acids is 1. The van der Waals surface area contributed by atoms with Crippen LogP contribution in [0.15, 0.2) is 22.8 Å². The number of hydrogen-bond donors (Lipinski definition) is 3. The smallest absolute Gasteiger partial charge is 0.328 e. The predicted molar refractivity (Wildman–Crippen MR) is 45.5 cm³/mol. The van der Waals surface area contributed by atoms with Gasteiger partial charge in [0.2, 0.25) is 5.88 Å². The molecule has 2 aromatic rings. The van der Waals surface area contributed by atoms with Gasteiger partial charge >= 0.3 is 6.03 Å². The van der Waals surface area contributed by atoms with Gasteiger partial charge in [0.15, 0.2) is 0 Å². The summed E-state index contributed by atoms with van der Waals surface area (Å²) < 4.78 is 4.89. The van der Waals surface area contributed by atoms with Crippen molar-refractivity contribution < 1.29 is 9.21 Å². The van der Waals surface area contributed by atoms with E-state index in [0.717, 1.165) is 0 Å². The van der Waals surface area contributed by atoms with Gasteiger partial charge in [-0.3, -0.25) is 10.6 Å². The summed E-state index contributed by atoms with van der Waals surface area (Å²) in [5.41, 5.74) is 0. The molecule has 14 heavy (non-hydrogen) atoms. The molecule has 0 radical (unpaired) electrons. The van der Waals surface area contributed by atoms with E-state index in [1.165, 1.54) is 6.26 Å². The van der Waals surface area contributed by atoms with Gasteiger partial charge in [-0.25, -0.2) is 4.79 Å². The molecular formula is C6H6N6O2. The first kappa shape index (κ1) is 8.23. The third-order valence-electron chi connectivity index (χ3n) is 1.33. The molecule has 2 amide bonds. The average molecular weight is 194 g/mol. The number of amides is 2. The fraction of sp³-hybridized carbons (Fsp3) is 0. The van der Waals surface area contributed by atoms with Crippen LogP contribution in [0, 0.1) is 0 Å². The summed E-state index contributed by atoms with van der Waals surface area (Å²) in [4.78, 5) is 11.2. The molecule has 8 heteroatoms. The minimum Gasteiger partial charge on any atom is -0.449 e. The van der Waals surface area contributed by atoms with E-state index in [1.54, 1.807) is 12.1 Å². The van der Waals surface area contributed by atoms with Crippen molar-refractivity contribution in [2.75, 3.05) is 10.6 Å². The fourth-order valence-corrected chi connectivity index (χ4v) is 0.809. The van der Waals surface area contributed by atoms with Crippen LogP contribution < -0.4 is 10.6 Å². The molecule has 0 unspecified atom stereocenters. The van der Waals surface area contributed by atoms with Crippen molar-refractivity contribution >= 4 is 17.9 Å². The largest absolute Gasteiger partial charge is 0.449 e. The van der Waals surface area contributed by atoms with Crippen LogP contribution >= 0.6 is 0 Å². The Bertz CT molecular complexity index is 356. The molecule has 0 aliphatic carbocycles. The molecule has 2 aromatic heterocycles. The number of nitrogens with one attached hydrogen (secondary N) is 3. The predicted octanol–water partition coefficient (Wildman–Crippen LogP) is 0.437. The first-order valence-corrected chi connectivity index (χ1v) is 3.69. The molecule has 0 aliphatic heterocycles. The van der Waals surface area contributed by atoms with Crippen molar-refractivity contribution in [3.05, 3.63) is 18.4 Å². The lowest BCUT2D eigenvalue weighted by atomic mass is 10.6. The normalized spacial score (nSPS) is 9.71. The molecule has 0 saturated carbocycles. The number of hydrogen-bond acceptors (Lipinski definition) is 5. The summed E-state index contributed by atoms with van der Waals surface area (Å²) in [6.45, 7) is 0. The second-order valence-corrected chi connectivity index (χ2v) is 2.29. The van der Waals surface area contributed by atoms with Crippen molar-refractivity contribution in [1.82, 2.24) is 20.6 Å². The van der Waals surface area contributed by atoms with Crippen molar-refractivity contribution in [3.63, 3.8) is 0 Å². The Morgan fingerprint density at radius 2 is 2.43 bits per heavy atom. The topological polar surface area (TPSA) is 109 Å². The van der Waals surface area contributed by atoms with Gasteiger partial charge in [-0.05, 0) is 11.3 Å². The minimum absolute atomic E-state index is 0.0917. The lowest BCUT2D eigenvalue weighted by Gasteiger charge is -1.99. The molecule has 0 fully saturated rings. The van der Waals surface area contributed by atoms with E-state index in [0.29, 0.717) is 5.88 Å². The Kier molecular flexibility index (Phi) is 2.09. The van der Waals surface area contributed by atoms with Crippen LogP contribution in [0.2, 0.25) is 0 Å². The van der Waals surface area contributed by atoms with Gasteiger partial charge in [0.25, 0.3) is 5.95 Å². The first-order valence-electron chi connectivity index (χ1n) is 3.69. The average Bonchev–Trinajstić information content (AvgIpc) is 2.76. The van der Waals surface area contributed by atoms with Crippen LogP contribution in [0.4, 0.5) is 16.6 Å². The molecule has 0 atom stereocenters. The van der Waals surface area contributed by atoms with Crippen LogP contribution in [0.5, 0.6) is 0 Å². The SMILES string of the molecule is O=C(Nc1nn[nH]n1)Nc1ccco1. The number of rotatable bonds is 2. The Hall–Kier alpha value is -2.38. The number of aromatic nitrogens is 4. The number of nitrogens with zero attached hydrogens (tertiary/aromatic N) is 3. The van der Waals surface area contributed by atoms with Crippen molar-refractivity contribution in [1.29, 1.82) is 0 Å². The van der Waals surface area contributed by atoms with E-state index in [1.807, 2.05) is 0 Å². The second-order valence-electron chi connectivity index (χ2n) is 2.29. The number of urea groups is 1. The highest BCUT2D eigenvalue weighted by atomic mass is 16.3. The van der Waals surface area contributed by atoms with E-state index in [9.17, 15) is 4.79 Å². The van der Waals surface area contributed by atoms with Crippen LogP contribution in [0.3, 0.4) is 0 Å². The Morgan fingerprint density at radius 1 is 1.50 bits per heavy atom. The second kappa shape index (κ2) is 3.56. The zero-order chi connectivity index (χ0) is 9.80. The van der Waals surface area contributed by atoms with Gasteiger partial charge < -0.3 is 4.42 Å². The standard InChI is InChI=1S/C6H6N6O2/c13-6(7-4-2-1-3-14-4)8-5-9-11-12-10-5/h1-3H,(H3,7,8,9,10,11,12,13). The zero-order valence-corrected chi connectivity index (χ0v) is 6.89. The number of aromatic amines is 1. The lowest BCUT2D eigenvalue weighted by molar-refractivity contribution is 0.261. The van der Waals surface area contributed by atoms with E-state index >= 15 is 0 Å². The highest BCUT2D eigenvalue weighted by Crippen LogP contribution is 2.06. The van der Waals surface area contributed by atoms with Crippen molar-refractivity contribution in [2.45, 2.75) is 0 Å². The van der Waals surface area contributed by atoms with Gasteiger partial charge in [-0.15, -0.1) is 5.10 Å². The number of anilines is 2. The van der Waals surface area contributed by atoms with Crippen LogP contribution in [-0.4, -0.2) is 26.7 Å². The first-order chi connectivity index (χ1) is 6.84. The molecule has 8 nitrogen and oxygen atoms in total. The van der Waals surface area contributed by atoms with Gasteiger partial charge in [-0.1, -0.05) is 5.10 Å². The summed E-state index contributed by atoms with van der Waals surface area (Å²) in [6.07, 6.45) is 1.45. The van der Waals surface area contributed by atoms with Gasteiger partial charge in [0, 0.05) is 6.07 Å². The van der Waals surface area contributed by atoms with E-state index in [2.05, 4.69) is 31.3 Å². The Morgan fingerprint density at radius 3 is 3.07 bits per heavy atom. The summed E-state index contributed by atoms with van der Waals surface area (Å²) in [5, 5.41) is 17.3. The number of carbonyl (C=O) groups is 1. The Labute approximate surface area is 77.7 Å². The van der Waals surface area contributed by atoms with E-state index < -0.39 is 6.03 Å². The maximum Gasteiger partial charge on any atom is 0.328 e. The Balaban J connectivity index is 1.91. The van der Waals surface area contributed by atoms with Crippen LogP contribution in [0.25, 0.3) is 0 Å². The molecule has 2 heterocycles. The van der Waals surface area contributed by atoms with E-state index in [-0.39, 0.29) is 5.95 Å². The highest BCUT2D eigenvalue weighted by molar-refractivity contribution is 5.97.